The van der Waals surface area contributed by atoms with Crippen LogP contribution in [0.5, 0.6) is 11.5 Å². The number of rotatable bonds is 6. The third kappa shape index (κ3) is 4.85. The van der Waals surface area contributed by atoms with Crippen LogP contribution in [-0.2, 0) is 4.79 Å². The Morgan fingerprint density at radius 2 is 1.87 bits per heavy atom. The van der Waals surface area contributed by atoms with Crippen molar-refractivity contribution in [2.24, 2.45) is 10.8 Å². The summed E-state index contributed by atoms with van der Waals surface area (Å²) in [6, 6.07) is 12.9. The molecule has 0 unspecified atom stereocenters. The molecule has 0 bridgehead atoms. The molecule has 0 aliphatic heterocycles. The Morgan fingerprint density at radius 1 is 1.17 bits per heavy atom. The van der Waals surface area contributed by atoms with Crippen molar-refractivity contribution in [2.45, 2.75) is 0 Å². The Bertz CT molecular complexity index is 726. The van der Waals surface area contributed by atoms with Crippen molar-refractivity contribution in [3.05, 3.63) is 59.7 Å². The molecule has 2 aromatic rings. The quantitative estimate of drug-likeness (QED) is 0.545. The molecule has 4 N–H and O–H groups in total. The summed E-state index contributed by atoms with van der Waals surface area (Å²) in [5.41, 5.74) is 8.16. The Hall–Kier alpha value is -3.35. The highest BCUT2D eigenvalue weighted by Gasteiger charge is 2.08. The Kier molecular flexibility index (Phi) is 5.30. The van der Waals surface area contributed by atoms with Gasteiger partial charge in [0.05, 0.1) is 11.8 Å². The number of hydrogen-bond acceptors (Lipinski definition) is 5. The number of carbonyl (C=O) groups excluding carboxylic acids is 2. The molecule has 2 rings (SSSR count). The van der Waals surface area contributed by atoms with Crippen molar-refractivity contribution in [1.82, 2.24) is 5.43 Å². The van der Waals surface area contributed by atoms with Crippen molar-refractivity contribution in [3.63, 3.8) is 0 Å². The molecule has 7 heteroatoms. The lowest BCUT2D eigenvalue weighted by molar-refractivity contribution is -0.119. The van der Waals surface area contributed by atoms with Gasteiger partial charge in [-0.2, -0.15) is 5.10 Å². The number of amides is 2. The highest BCUT2D eigenvalue weighted by Crippen LogP contribution is 2.15. The molecule has 0 aliphatic carbocycles. The second-order valence-electron chi connectivity index (χ2n) is 4.54. The van der Waals surface area contributed by atoms with Crippen molar-refractivity contribution >= 4 is 18.0 Å². The molecule has 23 heavy (non-hydrogen) atoms. The monoisotopic (exact) mass is 313 g/mol. The summed E-state index contributed by atoms with van der Waals surface area (Å²) >= 11 is 0. The van der Waals surface area contributed by atoms with Crippen LogP contribution < -0.4 is 15.9 Å². The maximum Gasteiger partial charge on any atom is 0.275 e. The molecule has 0 saturated heterocycles. The van der Waals surface area contributed by atoms with E-state index in [1.54, 1.807) is 36.4 Å². The van der Waals surface area contributed by atoms with Gasteiger partial charge in [0.2, 0.25) is 0 Å². The molecule has 118 valence electrons. The van der Waals surface area contributed by atoms with Gasteiger partial charge in [0, 0.05) is 0 Å². The number of aromatic hydroxyl groups is 1. The molecule has 0 saturated carbocycles. The molecule has 0 aromatic heterocycles. The molecule has 2 aromatic carbocycles. The zero-order valence-electron chi connectivity index (χ0n) is 12.1. The van der Waals surface area contributed by atoms with Crippen LogP contribution in [0.25, 0.3) is 0 Å². The molecule has 0 heterocycles. The summed E-state index contributed by atoms with van der Waals surface area (Å²) in [4.78, 5) is 22.4. The van der Waals surface area contributed by atoms with Crippen LogP contribution in [0.15, 0.2) is 53.6 Å². The Labute approximate surface area is 132 Å². The number of para-hydroxylation sites is 1. The molecule has 0 spiro atoms. The van der Waals surface area contributed by atoms with E-state index in [9.17, 15) is 14.7 Å². The van der Waals surface area contributed by atoms with E-state index in [0.29, 0.717) is 11.3 Å². The van der Waals surface area contributed by atoms with E-state index in [0.717, 1.165) is 0 Å². The summed E-state index contributed by atoms with van der Waals surface area (Å²) in [5.74, 6) is -0.682. The maximum atomic E-state index is 11.8. The van der Waals surface area contributed by atoms with Crippen LogP contribution in [0.2, 0.25) is 0 Å². The molecule has 2 amide bonds. The van der Waals surface area contributed by atoms with Gasteiger partial charge in [0.1, 0.15) is 11.5 Å². The van der Waals surface area contributed by atoms with E-state index in [-0.39, 0.29) is 17.9 Å². The van der Waals surface area contributed by atoms with Gasteiger partial charge in [-0.3, -0.25) is 9.59 Å². The second kappa shape index (κ2) is 7.60. The number of carbonyl (C=O) groups is 2. The molecule has 0 aliphatic rings. The fourth-order valence-electron chi connectivity index (χ4n) is 1.70. The van der Waals surface area contributed by atoms with Gasteiger partial charge in [0.25, 0.3) is 11.8 Å². The molecule has 0 radical (unpaired) electrons. The number of primary amides is 1. The minimum Gasteiger partial charge on any atom is -0.507 e. The normalized spacial score (nSPS) is 10.4. The highest BCUT2D eigenvalue weighted by atomic mass is 16.5. The fourth-order valence-corrected chi connectivity index (χ4v) is 1.70. The van der Waals surface area contributed by atoms with Gasteiger partial charge >= 0.3 is 0 Å². The minimum atomic E-state index is -0.553. The Balaban J connectivity index is 1.92. The number of phenols is 1. The number of nitrogens with two attached hydrogens (primary N) is 1. The summed E-state index contributed by atoms with van der Waals surface area (Å²) in [7, 11) is 0. The third-order valence-corrected chi connectivity index (χ3v) is 2.79. The van der Waals surface area contributed by atoms with Crippen molar-refractivity contribution in [1.29, 1.82) is 0 Å². The topological polar surface area (TPSA) is 114 Å². The molecule has 0 atom stereocenters. The van der Waals surface area contributed by atoms with E-state index in [4.69, 9.17) is 10.5 Å². The number of nitrogens with zero attached hydrogens (tertiary/aromatic N) is 1. The lowest BCUT2D eigenvalue weighted by atomic mass is 10.2. The zero-order chi connectivity index (χ0) is 16.7. The van der Waals surface area contributed by atoms with Crippen molar-refractivity contribution in [2.75, 3.05) is 6.61 Å². The minimum absolute atomic E-state index is 0.115. The second-order valence-corrected chi connectivity index (χ2v) is 4.54. The molecular weight excluding hydrogens is 298 g/mol. The lowest BCUT2D eigenvalue weighted by Gasteiger charge is -2.03. The van der Waals surface area contributed by atoms with Crippen LogP contribution >= 0.6 is 0 Å². The predicted molar refractivity (Wildman–Crippen MR) is 84.3 cm³/mol. The summed E-state index contributed by atoms with van der Waals surface area (Å²) in [6.07, 6.45) is 1.44. The molecular formula is C16H15N3O4. The number of hydrogen-bond donors (Lipinski definition) is 3. The smallest absolute Gasteiger partial charge is 0.275 e. The van der Waals surface area contributed by atoms with E-state index >= 15 is 0 Å². The lowest BCUT2D eigenvalue weighted by Crippen LogP contribution is -2.20. The fraction of sp³-hybridized carbons (Fsp3) is 0.0625. The number of ether oxygens (including phenoxy) is 1. The average Bonchev–Trinajstić information content (AvgIpc) is 2.54. The standard InChI is InChI=1S/C16H15N3O4/c17-15(21)10-23-12-7-5-11(6-8-12)9-18-19-16(22)13-3-1-2-4-14(13)20/h1-9,20H,10H2,(H2,17,21)(H,19,22)/b18-9-. The maximum absolute atomic E-state index is 11.8. The van der Waals surface area contributed by atoms with Crippen molar-refractivity contribution in [3.8, 4) is 11.5 Å². The third-order valence-electron chi connectivity index (χ3n) is 2.79. The molecule has 7 nitrogen and oxygen atoms in total. The predicted octanol–water partition coefficient (Wildman–Crippen LogP) is 1.02. The molecule has 0 fully saturated rings. The van der Waals surface area contributed by atoms with E-state index in [1.807, 2.05) is 0 Å². The Morgan fingerprint density at radius 3 is 2.52 bits per heavy atom. The largest absolute Gasteiger partial charge is 0.507 e. The first-order valence-corrected chi connectivity index (χ1v) is 6.69. The SMILES string of the molecule is NC(=O)COc1ccc(/C=N\NC(=O)c2ccccc2O)cc1. The summed E-state index contributed by atoms with van der Waals surface area (Å²) in [5, 5.41) is 13.4. The van der Waals surface area contributed by atoms with Gasteiger partial charge in [-0.25, -0.2) is 5.43 Å². The van der Waals surface area contributed by atoms with Gasteiger partial charge < -0.3 is 15.6 Å². The van der Waals surface area contributed by atoms with E-state index in [1.165, 1.54) is 18.3 Å². The van der Waals surface area contributed by atoms with Crippen LogP contribution in [0.4, 0.5) is 0 Å². The summed E-state index contributed by atoms with van der Waals surface area (Å²) in [6.45, 7) is -0.190. The number of nitrogens with one attached hydrogen (secondary N) is 1. The van der Waals surface area contributed by atoms with Crippen LogP contribution in [0.1, 0.15) is 15.9 Å². The zero-order valence-corrected chi connectivity index (χ0v) is 12.1. The van der Waals surface area contributed by atoms with Crippen LogP contribution in [-0.4, -0.2) is 29.7 Å². The first kappa shape index (κ1) is 16.0. The van der Waals surface area contributed by atoms with Gasteiger partial charge in [-0.05, 0) is 42.0 Å². The van der Waals surface area contributed by atoms with Gasteiger partial charge in [-0.15, -0.1) is 0 Å². The number of hydrazone groups is 1. The van der Waals surface area contributed by atoms with Gasteiger partial charge in [0.15, 0.2) is 6.61 Å². The highest BCUT2D eigenvalue weighted by molar-refractivity contribution is 5.97. The van der Waals surface area contributed by atoms with E-state index < -0.39 is 11.8 Å². The van der Waals surface area contributed by atoms with Crippen molar-refractivity contribution < 1.29 is 19.4 Å². The van der Waals surface area contributed by atoms with Crippen LogP contribution in [0, 0.1) is 0 Å². The van der Waals surface area contributed by atoms with Gasteiger partial charge in [-0.1, -0.05) is 12.1 Å². The first-order chi connectivity index (χ1) is 11.1. The van der Waals surface area contributed by atoms with Crippen LogP contribution in [0.3, 0.4) is 0 Å². The van der Waals surface area contributed by atoms with E-state index in [2.05, 4.69) is 10.5 Å². The number of phenolic OH excluding ortho intramolecular Hbond substituents is 1. The first-order valence-electron chi connectivity index (χ1n) is 6.69. The average molecular weight is 313 g/mol. The number of benzene rings is 2. The summed E-state index contributed by atoms with van der Waals surface area (Å²) < 4.78 is 5.12.